The van der Waals surface area contributed by atoms with Gasteiger partial charge in [0, 0.05) is 16.7 Å². The highest BCUT2D eigenvalue weighted by Crippen LogP contribution is 2.22. The monoisotopic (exact) mass is 422 g/mol. The Bertz CT molecular complexity index is 1060. The van der Waals surface area contributed by atoms with Crippen LogP contribution in [0.25, 0.3) is 0 Å². The van der Waals surface area contributed by atoms with Gasteiger partial charge >= 0.3 is 11.4 Å². The second-order valence-corrected chi connectivity index (χ2v) is 8.04. The third-order valence-electron chi connectivity index (χ3n) is 4.45. The van der Waals surface area contributed by atoms with Gasteiger partial charge in [0.1, 0.15) is 11.4 Å². The van der Waals surface area contributed by atoms with E-state index in [4.69, 9.17) is 8.37 Å². The van der Waals surface area contributed by atoms with Gasteiger partial charge in [0.15, 0.2) is 11.6 Å². The Kier molecular flexibility index (Phi) is 6.59. The summed E-state index contributed by atoms with van der Waals surface area (Å²) >= 11 is -2.15. The van der Waals surface area contributed by atoms with Crippen LogP contribution in [0.15, 0.2) is 78.9 Å². The zero-order valence-corrected chi connectivity index (χ0v) is 17.8. The van der Waals surface area contributed by atoms with E-state index < -0.39 is 17.0 Å². The average molecular weight is 423 g/mol. The number of benzene rings is 3. The van der Waals surface area contributed by atoms with Gasteiger partial charge in [-0.3, -0.25) is 9.59 Å². The second-order valence-electron chi connectivity index (χ2n) is 7.30. The first kappa shape index (κ1) is 21.6. The van der Waals surface area contributed by atoms with Crippen molar-refractivity contribution >= 4 is 22.9 Å². The molecule has 0 heterocycles. The van der Waals surface area contributed by atoms with Crippen molar-refractivity contribution in [2.24, 2.45) is 0 Å². The van der Waals surface area contributed by atoms with Gasteiger partial charge in [-0.05, 0) is 32.9 Å². The Hall–Kier alpha value is -3.09. The van der Waals surface area contributed by atoms with E-state index in [1.807, 2.05) is 25.1 Å². The highest BCUT2D eigenvalue weighted by atomic mass is 32.2. The molecule has 0 aliphatic rings. The number of aryl methyl sites for hydroxylation is 1. The topological polar surface area (TPSA) is 69.7 Å². The summed E-state index contributed by atoms with van der Waals surface area (Å²) in [6.07, 6.45) is 0. The van der Waals surface area contributed by atoms with E-state index in [1.54, 1.807) is 60.7 Å². The van der Waals surface area contributed by atoms with E-state index in [1.165, 1.54) is 13.8 Å². The molecule has 0 saturated carbocycles. The number of carbonyl (C=O) groups excluding carboxylic acids is 2. The summed E-state index contributed by atoms with van der Waals surface area (Å²) < 4.78 is 22.8. The molecule has 1 unspecified atom stereocenters. The lowest BCUT2D eigenvalue weighted by Crippen LogP contribution is -2.36. The molecule has 154 valence electrons. The van der Waals surface area contributed by atoms with Crippen LogP contribution in [0.4, 0.5) is 0 Å². The predicted molar refractivity (Wildman–Crippen MR) is 116 cm³/mol. The molecule has 3 aromatic rings. The van der Waals surface area contributed by atoms with Crippen molar-refractivity contribution in [3.05, 3.63) is 101 Å². The Morgan fingerprint density at radius 1 is 0.767 bits per heavy atom. The third-order valence-corrected chi connectivity index (χ3v) is 5.33. The molecule has 0 aromatic heterocycles. The van der Waals surface area contributed by atoms with Crippen molar-refractivity contribution in [1.82, 2.24) is 0 Å². The summed E-state index contributed by atoms with van der Waals surface area (Å²) in [7, 11) is 0. The fraction of sp³-hybridized carbons (Fsp3) is 0.167. The summed E-state index contributed by atoms with van der Waals surface area (Å²) in [5, 5.41) is 0. The van der Waals surface area contributed by atoms with Crippen LogP contribution in [0.5, 0.6) is 5.75 Å². The van der Waals surface area contributed by atoms with Gasteiger partial charge in [-0.2, -0.15) is 4.21 Å². The van der Waals surface area contributed by atoms with Gasteiger partial charge in [-0.1, -0.05) is 72.3 Å². The summed E-state index contributed by atoms with van der Waals surface area (Å²) in [6, 6.07) is 22.2. The normalized spacial score (nSPS) is 12.2. The van der Waals surface area contributed by atoms with Gasteiger partial charge < -0.3 is 4.18 Å². The summed E-state index contributed by atoms with van der Waals surface area (Å²) in [5.41, 5.74) is 1.04. The first-order chi connectivity index (χ1) is 14.3. The molecule has 0 aliphatic carbocycles. The van der Waals surface area contributed by atoms with Crippen LogP contribution in [0.2, 0.25) is 0 Å². The minimum absolute atomic E-state index is 0.127. The molecule has 3 rings (SSSR count). The fourth-order valence-corrected chi connectivity index (χ4v) is 3.49. The molecule has 0 radical (unpaired) electrons. The minimum Gasteiger partial charge on any atom is -0.380 e. The van der Waals surface area contributed by atoms with E-state index in [2.05, 4.69) is 0 Å². The lowest BCUT2D eigenvalue weighted by Gasteiger charge is -2.22. The summed E-state index contributed by atoms with van der Waals surface area (Å²) in [6.45, 7) is 4.97. The molecule has 0 bridgehead atoms. The molecular formula is C24H22O5S. The van der Waals surface area contributed by atoms with Crippen LogP contribution in [0.1, 0.15) is 45.7 Å². The second kappa shape index (κ2) is 9.15. The largest absolute Gasteiger partial charge is 0.380 e. The molecule has 30 heavy (non-hydrogen) atoms. The van der Waals surface area contributed by atoms with E-state index in [9.17, 15) is 13.8 Å². The lowest BCUT2D eigenvalue weighted by molar-refractivity contribution is 0.0602. The summed E-state index contributed by atoms with van der Waals surface area (Å²) in [4.78, 5) is 25.3. The van der Waals surface area contributed by atoms with Gasteiger partial charge in [-0.15, -0.1) is 0 Å². The van der Waals surface area contributed by atoms with Crippen molar-refractivity contribution in [1.29, 1.82) is 0 Å². The van der Waals surface area contributed by atoms with Crippen molar-refractivity contribution in [2.75, 3.05) is 0 Å². The number of ketones is 2. The Labute approximate surface area is 178 Å². The molecule has 0 aliphatic heterocycles. The molecule has 5 nitrogen and oxygen atoms in total. The van der Waals surface area contributed by atoms with Crippen LogP contribution in [-0.2, 0) is 15.5 Å². The van der Waals surface area contributed by atoms with Crippen molar-refractivity contribution < 1.29 is 22.2 Å². The van der Waals surface area contributed by atoms with Gasteiger partial charge in [-0.25, -0.2) is 4.18 Å². The van der Waals surface area contributed by atoms with Crippen LogP contribution in [0.3, 0.4) is 0 Å². The molecule has 0 N–H and O–H groups in total. The predicted octanol–water partition coefficient (Wildman–Crippen LogP) is 4.86. The Balaban J connectivity index is 1.67. The maximum Gasteiger partial charge on any atom is 0.361 e. The smallest absolute Gasteiger partial charge is 0.361 e. The van der Waals surface area contributed by atoms with Crippen LogP contribution < -0.4 is 4.18 Å². The van der Waals surface area contributed by atoms with Gasteiger partial charge in [0.05, 0.1) is 0 Å². The molecule has 1 atom stereocenters. The third kappa shape index (κ3) is 5.28. The zero-order chi connectivity index (χ0) is 21.7. The van der Waals surface area contributed by atoms with Crippen molar-refractivity contribution in [3.8, 4) is 5.75 Å². The van der Waals surface area contributed by atoms with E-state index in [-0.39, 0.29) is 11.6 Å². The zero-order valence-electron chi connectivity index (χ0n) is 17.0. The van der Waals surface area contributed by atoms with Crippen molar-refractivity contribution in [3.63, 3.8) is 0 Å². The molecule has 3 aromatic carbocycles. The molecule has 0 spiro atoms. The van der Waals surface area contributed by atoms with Crippen LogP contribution >= 0.6 is 0 Å². The summed E-state index contributed by atoms with van der Waals surface area (Å²) in [5.74, 6) is -0.120. The van der Waals surface area contributed by atoms with E-state index in [0.717, 1.165) is 5.56 Å². The minimum atomic E-state index is -2.15. The maximum absolute atomic E-state index is 12.9. The highest BCUT2D eigenvalue weighted by molar-refractivity contribution is 7.75. The number of carbonyl (C=O) groups is 2. The van der Waals surface area contributed by atoms with Gasteiger partial charge in [0.2, 0.25) is 0 Å². The van der Waals surface area contributed by atoms with E-state index >= 15 is 0 Å². The number of hydrogen-bond acceptors (Lipinski definition) is 5. The molecule has 0 saturated heterocycles. The van der Waals surface area contributed by atoms with Crippen LogP contribution in [0, 0.1) is 6.92 Å². The maximum atomic E-state index is 12.9. The highest BCUT2D eigenvalue weighted by Gasteiger charge is 2.33. The quantitative estimate of drug-likeness (QED) is 0.485. The Morgan fingerprint density at radius 3 is 1.90 bits per heavy atom. The van der Waals surface area contributed by atoms with Crippen molar-refractivity contribution in [2.45, 2.75) is 26.4 Å². The van der Waals surface area contributed by atoms with E-state index in [0.29, 0.717) is 22.4 Å². The number of rotatable bonds is 8. The lowest BCUT2D eigenvalue weighted by atomic mass is 9.95. The molecule has 0 amide bonds. The number of hydrogen-bond donors (Lipinski definition) is 0. The average Bonchev–Trinajstić information content (AvgIpc) is 2.74. The van der Waals surface area contributed by atoms with Crippen LogP contribution in [-0.4, -0.2) is 21.4 Å². The SMILES string of the molecule is Cc1ccc(OS(=O)OC(C)(C)C(=O)c2ccc(C(=O)c3ccccc3)cc2)cc1. The standard InChI is InChI=1S/C24H22O5S/c1-17-9-15-21(16-10-17)28-30(27)29-24(2,3)23(26)20-13-11-19(12-14-20)22(25)18-7-5-4-6-8-18/h4-16H,1-3H3. The first-order valence-electron chi connectivity index (χ1n) is 9.37. The fourth-order valence-electron chi connectivity index (χ4n) is 2.77. The molecule has 6 heteroatoms. The Morgan fingerprint density at radius 2 is 1.30 bits per heavy atom. The van der Waals surface area contributed by atoms with Gasteiger partial charge in [0.25, 0.3) is 0 Å². The number of Topliss-reactive ketones (excluding diaryl/α,β-unsaturated/α-hetero) is 1. The molecular weight excluding hydrogens is 400 g/mol. The first-order valence-corrected chi connectivity index (χ1v) is 10.4. The molecule has 0 fully saturated rings.